The molecule has 2 heterocycles. The largest absolute Gasteiger partial charge is 0.329 e. The molecule has 0 radical (unpaired) electrons. The van der Waals surface area contributed by atoms with Crippen LogP contribution in [-0.4, -0.2) is 19.1 Å². The number of fused-ring (bicyclic) bond motifs is 1. The van der Waals surface area contributed by atoms with E-state index in [1.807, 2.05) is 17.8 Å². The van der Waals surface area contributed by atoms with Crippen LogP contribution in [0.2, 0.25) is 0 Å². The number of aromatic nitrogens is 4. The highest BCUT2D eigenvalue weighted by Gasteiger charge is 2.11. The minimum Gasteiger partial charge on any atom is -0.329 e. The lowest BCUT2D eigenvalue weighted by atomic mass is 10.3. The molecule has 104 valence electrons. The molecule has 0 saturated heterocycles. The smallest absolute Gasteiger partial charge is 0.168 e. The SMILES string of the molecule is CCn1c(CSc2nccn2C)nc2cc(F)ccc21. The fraction of sp³-hybridized carbons (Fsp3) is 0.286. The standard InChI is InChI=1S/C14H15FN4S/c1-3-19-12-5-4-10(15)8-11(12)17-13(19)9-20-14-16-6-7-18(14)2/h4-8H,3,9H2,1-2H3. The summed E-state index contributed by atoms with van der Waals surface area (Å²) in [5.41, 5.74) is 1.69. The Hall–Kier alpha value is -1.82. The summed E-state index contributed by atoms with van der Waals surface area (Å²) in [6, 6.07) is 4.75. The molecule has 0 aliphatic rings. The minimum atomic E-state index is -0.249. The first-order chi connectivity index (χ1) is 9.69. The van der Waals surface area contributed by atoms with E-state index in [0.717, 1.165) is 28.8 Å². The van der Waals surface area contributed by atoms with Gasteiger partial charge in [-0.05, 0) is 19.1 Å². The zero-order chi connectivity index (χ0) is 14.1. The predicted octanol–water partition coefficient (Wildman–Crippen LogP) is 3.22. The van der Waals surface area contributed by atoms with E-state index in [1.54, 1.807) is 24.0 Å². The van der Waals surface area contributed by atoms with Crippen LogP contribution >= 0.6 is 11.8 Å². The Morgan fingerprint density at radius 2 is 2.20 bits per heavy atom. The topological polar surface area (TPSA) is 35.6 Å². The average molecular weight is 290 g/mol. The molecule has 0 fully saturated rings. The summed E-state index contributed by atoms with van der Waals surface area (Å²) in [6.07, 6.45) is 3.70. The Balaban J connectivity index is 1.92. The zero-order valence-corrected chi connectivity index (χ0v) is 12.2. The maximum atomic E-state index is 13.3. The fourth-order valence-electron chi connectivity index (χ4n) is 2.24. The molecule has 0 aliphatic heterocycles. The van der Waals surface area contributed by atoms with Crippen molar-refractivity contribution >= 4 is 22.8 Å². The van der Waals surface area contributed by atoms with E-state index in [9.17, 15) is 4.39 Å². The highest BCUT2D eigenvalue weighted by atomic mass is 32.2. The summed E-state index contributed by atoms with van der Waals surface area (Å²) in [5, 5.41) is 0.950. The molecule has 0 bridgehead atoms. The summed E-state index contributed by atoms with van der Waals surface area (Å²) in [6.45, 7) is 2.89. The summed E-state index contributed by atoms with van der Waals surface area (Å²) in [7, 11) is 1.97. The van der Waals surface area contributed by atoms with E-state index in [0.29, 0.717) is 5.52 Å². The fourth-order valence-corrected chi connectivity index (χ4v) is 3.11. The molecular weight excluding hydrogens is 275 g/mol. The third-order valence-corrected chi connectivity index (χ3v) is 4.27. The van der Waals surface area contributed by atoms with Crippen LogP contribution in [0.4, 0.5) is 4.39 Å². The second-order valence-electron chi connectivity index (χ2n) is 4.51. The molecule has 0 amide bonds. The van der Waals surface area contributed by atoms with Crippen molar-refractivity contribution in [3.05, 3.63) is 42.2 Å². The van der Waals surface area contributed by atoms with Crippen LogP contribution < -0.4 is 0 Å². The van der Waals surface area contributed by atoms with Gasteiger partial charge in [0.2, 0.25) is 0 Å². The van der Waals surface area contributed by atoms with Crippen molar-refractivity contribution in [3.8, 4) is 0 Å². The van der Waals surface area contributed by atoms with Crippen LogP contribution in [0.25, 0.3) is 11.0 Å². The number of imidazole rings is 2. The Morgan fingerprint density at radius 1 is 1.35 bits per heavy atom. The molecule has 3 rings (SSSR count). The number of aryl methyl sites for hydroxylation is 2. The first-order valence-corrected chi connectivity index (χ1v) is 7.42. The van der Waals surface area contributed by atoms with Crippen LogP contribution in [-0.2, 0) is 19.3 Å². The molecule has 20 heavy (non-hydrogen) atoms. The molecule has 6 heteroatoms. The predicted molar refractivity (Wildman–Crippen MR) is 78.1 cm³/mol. The lowest BCUT2D eigenvalue weighted by molar-refractivity contribution is 0.629. The number of rotatable bonds is 4. The van der Waals surface area contributed by atoms with Crippen LogP contribution in [0.1, 0.15) is 12.7 Å². The van der Waals surface area contributed by atoms with Gasteiger partial charge in [0.1, 0.15) is 11.6 Å². The molecule has 0 saturated carbocycles. The Kier molecular flexibility index (Phi) is 3.48. The van der Waals surface area contributed by atoms with Crippen molar-refractivity contribution in [1.29, 1.82) is 0 Å². The average Bonchev–Trinajstić information content (AvgIpc) is 2.98. The lowest BCUT2D eigenvalue weighted by Crippen LogP contribution is -2.01. The highest BCUT2D eigenvalue weighted by molar-refractivity contribution is 7.98. The number of hydrogen-bond acceptors (Lipinski definition) is 3. The Bertz CT molecular complexity index is 747. The van der Waals surface area contributed by atoms with Gasteiger partial charge in [-0.1, -0.05) is 11.8 Å². The maximum Gasteiger partial charge on any atom is 0.168 e. The van der Waals surface area contributed by atoms with Crippen molar-refractivity contribution in [2.45, 2.75) is 24.4 Å². The molecular formula is C14H15FN4S. The highest BCUT2D eigenvalue weighted by Crippen LogP contribution is 2.24. The lowest BCUT2D eigenvalue weighted by Gasteiger charge is -2.05. The molecule has 0 atom stereocenters. The molecule has 0 aliphatic carbocycles. The van der Waals surface area contributed by atoms with Gasteiger partial charge in [-0.25, -0.2) is 14.4 Å². The van der Waals surface area contributed by atoms with Crippen LogP contribution in [0.5, 0.6) is 0 Å². The van der Waals surface area contributed by atoms with E-state index in [2.05, 4.69) is 21.5 Å². The van der Waals surface area contributed by atoms with Gasteiger partial charge in [0.25, 0.3) is 0 Å². The van der Waals surface area contributed by atoms with Crippen molar-refractivity contribution in [3.63, 3.8) is 0 Å². The molecule has 3 aromatic rings. The number of benzene rings is 1. The Morgan fingerprint density at radius 3 is 2.90 bits per heavy atom. The van der Waals surface area contributed by atoms with E-state index in [-0.39, 0.29) is 5.82 Å². The van der Waals surface area contributed by atoms with Crippen LogP contribution in [0.3, 0.4) is 0 Å². The van der Waals surface area contributed by atoms with Gasteiger partial charge in [-0.2, -0.15) is 0 Å². The number of hydrogen-bond donors (Lipinski definition) is 0. The van der Waals surface area contributed by atoms with Crippen molar-refractivity contribution < 1.29 is 4.39 Å². The second-order valence-corrected chi connectivity index (χ2v) is 5.46. The van der Waals surface area contributed by atoms with E-state index < -0.39 is 0 Å². The molecule has 1 aromatic carbocycles. The van der Waals surface area contributed by atoms with E-state index >= 15 is 0 Å². The number of nitrogens with zero attached hydrogens (tertiary/aromatic N) is 4. The van der Waals surface area contributed by atoms with Gasteiger partial charge >= 0.3 is 0 Å². The molecule has 0 unspecified atom stereocenters. The minimum absolute atomic E-state index is 0.249. The normalized spacial score (nSPS) is 11.3. The Labute approximate surface area is 120 Å². The monoisotopic (exact) mass is 290 g/mol. The van der Waals surface area contributed by atoms with Gasteiger partial charge in [0.15, 0.2) is 5.16 Å². The van der Waals surface area contributed by atoms with Gasteiger partial charge in [-0.3, -0.25) is 0 Å². The van der Waals surface area contributed by atoms with Gasteiger partial charge < -0.3 is 9.13 Å². The van der Waals surface area contributed by atoms with Gasteiger partial charge in [-0.15, -0.1) is 0 Å². The van der Waals surface area contributed by atoms with Crippen LogP contribution in [0.15, 0.2) is 35.7 Å². The number of halogens is 1. The second kappa shape index (κ2) is 5.28. The molecule has 2 aromatic heterocycles. The van der Waals surface area contributed by atoms with Crippen molar-refractivity contribution in [2.75, 3.05) is 0 Å². The quantitative estimate of drug-likeness (QED) is 0.692. The van der Waals surface area contributed by atoms with Gasteiger partial charge in [0, 0.05) is 32.1 Å². The number of thioether (sulfide) groups is 1. The molecule has 4 nitrogen and oxygen atoms in total. The third kappa shape index (κ3) is 2.31. The first kappa shape index (κ1) is 13.2. The van der Waals surface area contributed by atoms with E-state index in [1.165, 1.54) is 12.1 Å². The first-order valence-electron chi connectivity index (χ1n) is 6.44. The molecule has 0 N–H and O–H groups in total. The van der Waals surface area contributed by atoms with E-state index in [4.69, 9.17) is 0 Å². The van der Waals surface area contributed by atoms with Crippen LogP contribution in [0, 0.1) is 5.82 Å². The zero-order valence-electron chi connectivity index (χ0n) is 11.4. The third-order valence-electron chi connectivity index (χ3n) is 3.21. The van der Waals surface area contributed by atoms with Crippen molar-refractivity contribution in [2.24, 2.45) is 7.05 Å². The maximum absolute atomic E-state index is 13.3. The summed E-state index contributed by atoms with van der Waals surface area (Å²) >= 11 is 1.63. The molecule has 0 spiro atoms. The summed E-state index contributed by atoms with van der Waals surface area (Å²) in [5.74, 6) is 1.41. The van der Waals surface area contributed by atoms with Crippen molar-refractivity contribution in [1.82, 2.24) is 19.1 Å². The van der Waals surface area contributed by atoms with Gasteiger partial charge in [0.05, 0.1) is 16.8 Å². The summed E-state index contributed by atoms with van der Waals surface area (Å²) in [4.78, 5) is 8.82. The summed E-state index contributed by atoms with van der Waals surface area (Å²) < 4.78 is 17.4.